The number of urea groups is 1. The van der Waals surface area contributed by atoms with Crippen molar-refractivity contribution in [1.82, 2.24) is 15.5 Å². The van der Waals surface area contributed by atoms with E-state index in [1.54, 1.807) is 24.3 Å². The minimum absolute atomic E-state index is 0.0414. The third kappa shape index (κ3) is 9.41. The molecule has 0 bridgehead atoms. The van der Waals surface area contributed by atoms with Crippen LogP contribution in [0.25, 0.3) is 0 Å². The van der Waals surface area contributed by atoms with Crippen LogP contribution in [-0.2, 0) is 22.6 Å². The molecule has 13 heteroatoms. The summed E-state index contributed by atoms with van der Waals surface area (Å²) < 4.78 is 37.3. The molecule has 1 aliphatic rings. The zero-order valence-corrected chi connectivity index (χ0v) is 26.6. The molecule has 8 nitrogen and oxygen atoms in total. The number of rotatable bonds is 10. The highest BCUT2D eigenvalue weighted by molar-refractivity contribution is 8.01. The SMILES string of the molecule is Cc1ccccc1CNC(=O)[C@H]1N(C(=O)[C@@H](O)[C@H](Cc2ccccc2)NC(=O)Nc2ccc(SC(F)(F)F)cc2)CSC1(C)C. The molecule has 0 aromatic heterocycles. The van der Waals surface area contributed by atoms with Crippen molar-refractivity contribution in [1.29, 1.82) is 0 Å². The Balaban J connectivity index is 1.48. The number of nitrogens with one attached hydrogen (secondary N) is 3. The van der Waals surface area contributed by atoms with Gasteiger partial charge in [0, 0.05) is 21.9 Å². The van der Waals surface area contributed by atoms with Crippen molar-refractivity contribution in [2.24, 2.45) is 0 Å². The Kier molecular flexibility index (Phi) is 11.1. The Morgan fingerprint density at radius 2 is 1.67 bits per heavy atom. The van der Waals surface area contributed by atoms with Crippen molar-refractivity contribution in [2.75, 3.05) is 11.2 Å². The maximum absolute atomic E-state index is 13.8. The number of carbonyl (C=O) groups excluding carboxylic acids is 3. The lowest BCUT2D eigenvalue weighted by Crippen LogP contribution is -2.59. The van der Waals surface area contributed by atoms with Crippen LogP contribution in [0, 0.1) is 6.92 Å². The molecule has 1 heterocycles. The third-order valence-corrected chi connectivity index (χ3v) is 9.50. The van der Waals surface area contributed by atoms with Crippen LogP contribution < -0.4 is 16.0 Å². The van der Waals surface area contributed by atoms with Crippen LogP contribution in [0.3, 0.4) is 0 Å². The number of anilines is 1. The van der Waals surface area contributed by atoms with Gasteiger partial charge in [-0.1, -0.05) is 54.6 Å². The molecule has 3 aromatic rings. The van der Waals surface area contributed by atoms with Crippen LogP contribution >= 0.6 is 23.5 Å². The molecule has 1 saturated heterocycles. The molecule has 4 rings (SSSR count). The van der Waals surface area contributed by atoms with E-state index in [2.05, 4.69) is 16.0 Å². The van der Waals surface area contributed by atoms with E-state index in [0.29, 0.717) is 0 Å². The van der Waals surface area contributed by atoms with Crippen molar-refractivity contribution >= 4 is 47.1 Å². The minimum atomic E-state index is -4.44. The van der Waals surface area contributed by atoms with Crippen molar-refractivity contribution in [3.8, 4) is 0 Å². The van der Waals surface area contributed by atoms with Crippen molar-refractivity contribution in [3.63, 3.8) is 0 Å². The van der Waals surface area contributed by atoms with E-state index in [-0.39, 0.29) is 47.1 Å². The van der Waals surface area contributed by atoms with Gasteiger partial charge >= 0.3 is 11.5 Å². The largest absolute Gasteiger partial charge is 0.446 e. The van der Waals surface area contributed by atoms with E-state index in [9.17, 15) is 32.7 Å². The molecule has 0 saturated carbocycles. The van der Waals surface area contributed by atoms with Crippen LogP contribution in [0.5, 0.6) is 0 Å². The standard InChI is InChI=1S/C32H35F3N4O4S2/c1-20-9-7-8-12-22(20)18-36-28(41)27-31(2,3)44-19-39(27)29(42)26(40)25(17-21-10-5-4-6-11-21)38-30(43)37-23-13-15-24(16-14-23)45-32(33,34)35/h4-16,25-27,40H,17-19H2,1-3H3,(H,36,41)(H2,37,38,43)/t25-,26-,27+/m0/s1. The fourth-order valence-electron chi connectivity index (χ4n) is 5.03. The van der Waals surface area contributed by atoms with Crippen LogP contribution in [-0.4, -0.2) is 62.2 Å². The molecule has 3 atom stereocenters. The summed E-state index contributed by atoms with van der Waals surface area (Å²) in [6.45, 7) is 5.95. The number of halogens is 3. The van der Waals surface area contributed by atoms with Crippen molar-refractivity contribution in [2.45, 2.75) is 67.1 Å². The maximum atomic E-state index is 13.8. The fourth-order valence-corrected chi connectivity index (χ4v) is 6.71. The number of carbonyl (C=O) groups is 3. The van der Waals surface area contributed by atoms with Gasteiger partial charge in [-0.3, -0.25) is 9.59 Å². The first kappa shape index (κ1) is 34.2. The van der Waals surface area contributed by atoms with Gasteiger partial charge < -0.3 is 26.0 Å². The lowest BCUT2D eigenvalue weighted by molar-refractivity contribution is -0.147. The van der Waals surface area contributed by atoms with E-state index in [4.69, 9.17) is 0 Å². The first-order valence-corrected chi connectivity index (χ1v) is 16.0. The zero-order chi connectivity index (χ0) is 32.8. The Morgan fingerprint density at radius 1 is 1.02 bits per heavy atom. The highest BCUT2D eigenvalue weighted by Gasteiger charge is 2.49. The summed E-state index contributed by atoms with van der Waals surface area (Å²) in [5, 5.41) is 19.5. The lowest BCUT2D eigenvalue weighted by Gasteiger charge is -2.33. The molecule has 0 unspecified atom stereocenters. The van der Waals surface area contributed by atoms with E-state index in [1.807, 2.05) is 51.1 Å². The Hall–Kier alpha value is -3.68. The minimum Gasteiger partial charge on any atom is -0.381 e. The second kappa shape index (κ2) is 14.6. The smallest absolute Gasteiger partial charge is 0.381 e. The molecule has 1 aliphatic heterocycles. The molecule has 3 aromatic carbocycles. The first-order chi connectivity index (χ1) is 21.2. The number of hydrogen-bond donors (Lipinski definition) is 4. The number of aliphatic hydroxyl groups is 1. The summed E-state index contributed by atoms with van der Waals surface area (Å²) >= 11 is 1.14. The second-order valence-corrected chi connectivity index (χ2v) is 13.9. The molecule has 0 aliphatic carbocycles. The van der Waals surface area contributed by atoms with Gasteiger partial charge in [-0.15, -0.1) is 11.8 Å². The molecule has 45 heavy (non-hydrogen) atoms. The Bertz CT molecular complexity index is 1490. The van der Waals surface area contributed by atoms with Gasteiger partial charge in [-0.2, -0.15) is 13.2 Å². The number of aliphatic hydroxyl groups excluding tert-OH is 1. The normalized spacial score (nSPS) is 17.3. The van der Waals surface area contributed by atoms with Crippen LogP contribution in [0.2, 0.25) is 0 Å². The highest BCUT2D eigenvalue weighted by Crippen LogP contribution is 2.40. The molecule has 1 fully saturated rings. The molecular weight excluding hydrogens is 626 g/mol. The maximum Gasteiger partial charge on any atom is 0.446 e. The first-order valence-electron chi connectivity index (χ1n) is 14.2. The summed E-state index contributed by atoms with van der Waals surface area (Å²) in [6, 6.07) is 19.0. The molecule has 240 valence electrons. The van der Waals surface area contributed by atoms with Crippen LogP contribution in [0.15, 0.2) is 83.8 Å². The predicted octanol–water partition coefficient (Wildman–Crippen LogP) is 5.70. The Labute approximate surface area is 268 Å². The van der Waals surface area contributed by atoms with Gasteiger partial charge in [0.05, 0.1) is 11.9 Å². The second-order valence-electron chi connectivity index (χ2n) is 11.1. The van der Waals surface area contributed by atoms with Gasteiger partial charge in [0.1, 0.15) is 6.04 Å². The molecule has 4 N–H and O–H groups in total. The van der Waals surface area contributed by atoms with E-state index in [0.717, 1.165) is 16.7 Å². The van der Waals surface area contributed by atoms with E-state index in [1.165, 1.54) is 40.9 Å². The third-order valence-electron chi connectivity index (χ3n) is 7.39. The monoisotopic (exact) mass is 660 g/mol. The topological polar surface area (TPSA) is 111 Å². The summed E-state index contributed by atoms with van der Waals surface area (Å²) in [6.07, 6.45) is -1.61. The number of thioether (sulfide) groups is 2. The summed E-state index contributed by atoms with van der Waals surface area (Å²) in [7, 11) is 0. The number of alkyl halides is 3. The van der Waals surface area contributed by atoms with Gasteiger partial charge in [-0.25, -0.2) is 4.79 Å². The van der Waals surface area contributed by atoms with Crippen LogP contribution in [0.4, 0.5) is 23.7 Å². The van der Waals surface area contributed by atoms with Gasteiger partial charge in [0.25, 0.3) is 5.91 Å². The number of nitrogens with zero attached hydrogens (tertiary/aromatic N) is 1. The van der Waals surface area contributed by atoms with E-state index < -0.39 is 40.4 Å². The van der Waals surface area contributed by atoms with Crippen molar-refractivity contribution < 1.29 is 32.7 Å². The predicted molar refractivity (Wildman–Crippen MR) is 171 cm³/mol. The molecule has 4 amide bonds. The number of amides is 4. The zero-order valence-electron chi connectivity index (χ0n) is 24.9. The van der Waals surface area contributed by atoms with Gasteiger partial charge in [-0.05, 0) is 79.9 Å². The summed E-state index contributed by atoms with van der Waals surface area (Å²) in [4.78, 5) is 41.6. The van der Waals surface area contributed by atoms with Gasteiger partial charge in [0.15, 0.2) is 6.10 Å². The Morgan fingerprint density at radius 3 is 2.31 bits per heavy atom. The molecule has 0 radical (unpaired) electrons. The van der Waals surface area contributed by atoms with Crippen LogP contribution in [0.1, 0.15) is 30.5 Å². The average molecular weight is 661 g/mol. The van der Waals surface area contributed by atoms with E-state index >= 15 is 0 Å². The number of aryl methyl sites for hydroxylation is 1. The fraction of sp³-hybridized carbons (Fsp3) is 0.344. The average Bonchev–Trinajstić information content (AvgIpc) is 3.31. The molecule has 0 spiro atoms. The number of benzene rings is 3. The summed E-state index contributed by atoms with van der Waals surface area (Å²) in [5.74, 6) is -0.900. The lowest BCUT2D eigenvalue weighted by atomic mass is 9.97. The highest BCUT2D eigenvalue weighted by atomic mass is 32.2. The molecular formula is C32H35F3N4O4S2. The number of hydrogen-bond acceptors (Lipinski definition) is 6. The summed E-state index contributed by atoms with van der Waals surface area (Å²) in [5.41, 5.74) is -1.51. The van der Waals surface area contributed by atoms with Gasteiger partial charge in [0.2, 0.25) is 5.91 Å². The van der Waals surface area contributed by atoms with Crippen molar-refractivity contribution in [3.05, 3.63) is 95.6 Å². The quantitative estimate of drug-likeness (QED) is 0.208.